The summed E-state index contributed by atoms with van der Waals surface area (Å²) in [4.78, 5) is 23.3. The molecule has 1 aliphatic carbocycles. The van der Waals surface area contributed by atoms with Crippen molar-refractivity contribution in [2.75, 3.05) is 19.8 Å². The van der Waals surface area contributed by atoms with Gasteiger partial charge in [0, 0.05) is 13.0 Å². The zero-order valence-electron chi connectivity index (χ0n) is 46.6. The predicted molar refractivity (Wildman–Crippen MR) is 304 cm³/mol. The summed E-state index contributed by atoms with van der Waals surface area (Å²) < 4.78 is 34.4. The number of phosphoric ester groups is 1. The van der Waals surface area contributed by atoms with Gasteiger partial charge in [0.25, 0.3) is 0 Å². The first kappa shape index (κ1) is 69.8. The number of carbonyl (C=O) groups excluding carboxylic acids is 1. The van der Waals surface area contributed by atoms with Gasteiger partial charge >= 0.3 is 13.8 Å². The molecule has 1 aliphatic rings. The van der Waals surface area contributed by atoms with Crippen molar-refractivity contribution in [3.05, 3.63) is 72.9 Å². The van der Waals surface area contributed by atoms with Gasteiger partial charge in [-0.1, -0.05) is 222 Å². The molecule has 0 aromatic rings. The number of hydrogen-bond donors (Lipinski definition) is 6. The van der Waals surface area contributed by atoms with Gasteiger partial charge in [-0.3, -0.25) is 13.8 Å². The van der Waals surface area contributed by atoms with Gasteiger partial charge in [0.1, 0.15) is 42.7 Å². The van der Waals surface area contributed by atoms with Crippen LogP contribution in [-0.4, -0.2) is 98.9 Å². The molecular formula is C61H109O12P. The van der Waals surface area contributed by atoms with E-state index in [1.807, 2.05) is 0 Å². The average Bonchev–Trinajstić information content (AvgIpc) is 3.39. The minimum Gasteiger partial charge on any atom is -0.457 e. The summed E-state index contributed by atoms with van der Waals surface area (Å²) in [6, 6.07) is 0. The molecule has 1 fully saturated rings. The van der Waals surface area contributed by atoms with Crippen LogP contribution in [0.1, 0.15) is 245 Å². The van der Waals surface area contributed by atoms with Gasteiger partial charge in [0.2, 0.25) is 0 Å². The maximum Gasteiger partial charge on any atom is 0.472 e. The van der Waals surface area contributed by atoms with E-state index in [4.69, 9.17) is 18.5 Å². The van der Waals surface area contributed by atoms with E-state index in [1.165, 1.54) is 128 Å². The molecule has 0 radical (unpaired) electrons. The van der Waals surface area contributed by atoms with Crippen LogP contribution in [0.3, 0.4) is 0 Å². The third kappa shape index (κ3) is 41.0. The molecule has 1 saturated carbocycles. The topological polar surface area (TPSA) is 192 Å². The van der Waals surface area contributed by atoms with Crippen LogP contribution in [0.15, 0.2) is 72.9 Å². The van der Waals surface area contributed by atoms with Crippen LogP contribution >= 0.6 is 7.82 Å². The second kappa shape index (κ2) is 50.3. The molecule has 0 heterocycles. The van der Waals surface area contributed by atoms with Gasteiger partial charge in [0.05, 0.1) is 13.2 Å². The fourth-order valence-corrected chi connectivity index (χ4v) is 9.81. The van der Waals surface area contributed by atoms with E-state index < -0.39 is 63.1 Å². The number of hydrogen-bond acceptors (Lipinski definition) is 11. The Kier molecular flexibility index (Phi) is 47.4. The van der Waals surface area contributed by atoms with E-state index in [2.05, 4.69) is 86.8 Å². The van der Waals surface area contributed by atoms with E-state index in [9.17, 15) is 39.8 Å². The largest absolute Gasteiger partial charge is 0.472 e. The van der Waals surface area contributed by atoms with Crippen LogP contribution in [0.5, 0.6) is 0 Å². The van der Waals surface area contributed by atoms with Crippen LogP contribution in [0.2, 0.25) is 0 Å². The number of phosphoric acid groups is 1. The molecule has 13 heteroatoms. The zero-order chi connectivity index (χ0) is 54.0. The van der Waals surface area contributed by atoms with E-state index in [-0.39, 0.29) is 13.0 Å². The summed E-state index contributed by atoms with van der Waals surface area (Å²) in [6.45, 7) is 4.25. The molecule has 12 nitrogen and oxygen atoms in total. The predicted octanol–water partition coefficient (Wildman–Crippen LogP) is 14.7. The standard InChI is InChI=1S/C61H109O12P/c1-3-5-7-9-11-13-15-17-19-21-23-25-27-29-31-33-35-37-39-41-43-45-47-49-51-70-52-54(53-71-74(68,69)73-61-59(66)57(64)56(63)58(65)60(61)67)72-55(62)50-48-46-44-42-40-38-36-34-32-30-28-26-24-22-20-18-16-14-12-10-8-6-4-2/h15-18,21-24,27-30,54,56-61,63-67H,3-14,19-20,25-26,31-53H2,1-2H3,(H,68,69)/b17-15-,18-16-,23-21-,24-22-,29-27-,30-28-. The van der Waals surface area contributed by atoms with E-state index in [1.54, 1.807) is 0 Å². The molecule has 430 valence electrons. The molecule has 0 aromatic heterocycles. The number of allylic oxidation sites excluding steroid dienone is 12. The highest BCUT2D eigenvalue weighted by molar-refractivity contribution is 7.47. The minimum absolute atomic E-state index is 0.0864. The van der Waals surface area contributed by atoms with Crippen molar-refractivity contribution in [1.29, 1.82) is 0 Å². The van der Waals surface area contributed by atoms with Gasteiger partial charge in [-0.25, -0.2) is 4.57 Å². The fourth-order valence-electron chi connectivity index (χ4n) is 8.84. The summed E-state index contributed by atoms with van der Waals surface area (Å²) in [6.07, 6.45) is 55.3. The summed E-state index contributed by atoms with van der Waals surface area (Å²) >= 11 is 0. The van der Waals surface area contributed by atoms with Gasteiger partial charge in [-0.05, 0) is 89.9 Å². The first-order valence-corrected chi connectivity index (χ1v) is 31.3. The van der Waals surface area contributed by atoms with E-state index in [0.29, 0.717) is 13.0 Å². The molecule has 1 rings (SSSR count). The summed E-state index contributed by atoms with van der Waals surface area (Å²) in [5, 5.41) is 50.5. The Hall–Kier alpha value is -2.22. The monoisotopic (exact) mass is 1060 g/mol. The van der Waals surface area contributed by atoms with Crippen LogP contribution < -0.4 is 0 Å². The van der Waals surface area contributed by atoms with Gasteiger partial charge in [-0.15, -0.1) is 0 Å². The van der Waals surface area contributed by atoms with Gasteiger partial charge in [-0.2, -0.15) is 0 Å². The number of unbranched alkanes of at least 4 members (excludes halogenated alkanes) is 27. The van der Waals surface area contributed by atoms with Crippen molar-refractivity contribution in [3.8, 4) is 0 Å². The van der Waals surface area contributed by atoms with Gasteiger partial charge < -0.3 is 39.9 Å². The second-order valence-electron chi connectivity index (χ2n) is 20.5. The molecule has 0 aromatic carbocycles. The lowest BCUT2D eigenvalue weighted by Crippen LogP contribution is -2.64. The lowest BCUT2D eigenvalue weighted by molar-refractivity contribution is -0.220. The quantitative estimate of drug-likeness (QED) is 0.0146. The molecule has 6 unspecified atom stereocenters. The van der Waals surface area contributed by atoms with E-state index >= 15 is 0 Å². The van der Waals surface area contributed by atoms with Crippen molar-refractivity contribution >= 4 is 13.8 Å². The summed E-state index contributed by atoms with van der Waals surface area (Å²) in [7, 11) is -5.04. The van der Waals surface area contributed by atoms with Crippen molar-refractivity contribution in [1.82, 2.24) is 0 Å². The van der Waals surface area contributed by atoms with Crippen LogP contribution in [0, 0.1) is 0 Å². The number of ether oxygens (including phenoxy) is 2. The highest BCUT2D eigenvalue weighted by Gasteiger charge is 2.51. The Morgan fingerprint density at radius 3 is 1.15 bits per heavy atom. The number of aliphatic hydroxyl groups is 5. The highest BCUT2D eigenvalue weighted by Crippen LogP contribution is 2.47. The van der Waals surface area contributed by atoms with E-state index in [0.717, 1.165) is 89.9 Å². The molecule has 0 amide bonds. The average molecular weight is 1070 g/mol. The number of carbonyl (C=O) groups is 1. The Morgan fingerprint density at radius 2 is 0.757 bits per heavy atom. The minimum atomic E-state index is -5.04. The SMILES string of the molecule is CCCCCCC/C=C\C/C=C\C/C=C\CCCCCCCCCCCOCC(COP(=O)(O)OC1C(O)C(O)C(O)C(O)C1O)OC(=O)CCCCCCCCCC/C=C\C/C=C\C/C=C\CCCCCCC. The third-order valence-electron chi connectivity index (χ3n) is 13.6. The first-order chi connectivity index (χ1) is 36.0. The molecule has 0 aliphatic heterocycles. The molecule has 0 saturated heterocycles. The Balaban J connectivity index is 2.30. The van der Waals surface area contributed by atoms with Crippen molar-refractivity contribution < 1.29 is 58.3 Å². The number of rotatable bonds is 51. The van der Waals surface area contributed by atoms with Crippen molar-refractivity contribution in [3.63, 3.8) is 0 Å². The Labute approximate surface area is 450 Å². The number of aliphatic hydroxyl groups excluding tert-OH is 5. The maximum atomic E-state index is 12.9. The molecule has 0 bridgehead atoms. The zero-order valence-corrected chi connectivity index (χ0v) is 47.5. The summed E-state index contributed by atoms with van der Waals surface area (Å²) in [5.41, 5.74) is 0. The lowest BCUT2D eigenvalue weighted by Gasteiger charge is -2.41. The maximum absolute atomic E-state index is 12.9. The fraction of sp³-hybridized carbons (Fsp3) is 0.787. The second-order valence-corrected chi connectivity index (χ2v) is 21.9. The Morgan fingerprint density at radius 1 is 0.432 bits per heavy atom. The first-order valence-electron chi connectivity index (χ1n) is 29.8. The molecule has 6 N–H and O–H groups in total. The molecule has 6 atom stereocenters. The molecule has 0 spiro atoms. The third-order valence-corrected chi connectivity index (χ3v) is 14.5. The van der Waals surface area contributed by atoms with Crippen molar-refractivity contribution in [2.45, 2.75) is 288 Å². The summed E-state index contributed by atoms with van der Waals surface area (Å²) in [5.74, 6) is -0.486. The van der Waals surface area contributed by atoms with Crippen LogP contribution in [0.25, 0.3) is 0 Å². The molecule has 74 heavy (non-hydrogen) atoms. The number of esters is 1. The normalized spacial score (nSPS) is 20.9. The molecular weight excluding hydrogens is 956 g/mol. The van der Waals surface area contributed by atoms with Gasteiger partial charge in [0.15, 0.2) is 0 Å². The Bertz CT molecular complexity index is 1500. The van der Waals surface area contributed by atoms with Crippen LogP contribution in [0.4, 0.5) is 0 Å². The smallest absolute Gasteiger partial charge is 0.457 e. The van der Waals surface area contributed by atoms with Crippen molar-refractivity contribution in [2.24, 2.45) is 0 Å². The van der Waals surface area contributed by atoms with Crippen LogP contribution in [-0.2, 0) is 27.9 Å². The lowest BCUT2D eigenvalue weighted by atomic mass is 9.85. The highest BCUT2D eigenvalue weighted by atomic mass is 31.2.